The number of phenols is 1. The molecule has 0 aromatic heterocycles. The Kier molecular flexibility index (Phi) is 3.71. The lowest BCUT2D eigenvalue weighted by molar-refractivity contribution is 0.300. The smallest absolute Gasteiger partial charge is 0.127 e. The number of rotatable bonds is 4. The van der Waals surface area contributed by atoms with Gasteiger partial charge in [-0.05, 0) is 36.8 Å². The lowest BCUT2D eigenvalue weighted by Crippen LogP contribution is -2.25. The van der Waals surface area contributed by atoms with Crippen molar-refractivity contribution >= 4 is 0 Å². The van der Waals surface area contributed by atoms with Gasteiger partial charge in [-0.2, -0.15) is 0 Å². The predicted octanol–water partition coefficient (Wildman–Crippen LogP) is 3.19. The quantitative estimate of drug-likeness (QED) is 0.906. The highest BCUT2D eigenvalue weighted by Gasteiger charge is 2.25. The monoisotopic (exact) mass is 285 g/mol. The standard InChI is InChI=1S/C17H19NO3/c1-11(12-3-6-14(20-2)7-4-12)18-16-10-21-17-9-13(19)5-8-15(16)17/h3-9,11,16,18-19H,10H2,1-2H3. The van der Waals surface area contributed by atoms with Crippen molar-refractivity contribution in [2.75, 3.05) is 13.7 Å². The fourth-order valence-corrected chi connectivity index (χ4v) is 2.63. The first-order chi connectivity index (χ1) is 10.2. The first kappa shape index (κ1) is 13.8. The molecular formula is C17H19NO3. The zero-order valence-electron chi connectivity index (χ0n) is 12.2. The minimum absolute atomic E-state index is 0.137. The Bertz CT molecular complexity index is 624. The zero-order valence-corrected chi connectivity index (χ0v) is 12.2. The molecule has 0 fully saturated rings. The van der Waals surface area contributed by atoms with Crippen molar-refractivity contribution in [2.45, 2.75) is 19.0 Å². The van der Waals surface area contributed by atoms with Crippen LogP contribution in [0.4, 0.5) is 0 Å². The third-order valence-electron chi connectivity index (χ3n) is 3.85. The van der Waals surface area contributed by atoms with Crippen LogP contribution < -0.4 is 14.8 Å². The molecule has 4 heteroatoms. The maximum absolute atomic E-state index is 9.48. The fourth-order valence-electron chi connectivity index (χ4n) is 2.63. The molecule has 0 spiro atoms. The number of hydrogen-bond donors (Lipinski definition) is 2. The van der Waals surface area contributed by atoms with E-state index in [-0.39, 0.29) is 17.8 Å². The molecule has 110 valence electrons. The zero-order chi connectivity index (χ0) is 14.8. The van der Waals surface area contributed by atoms with Gasteiger partial charge in [0, 0.05) is 17.7 Å². The van der Waals surface area contributed by atoms with Gasteiger partial charge in [0.15, 0.2) is 0 Å². The highest BCUT2D eigenvalue weighted by Crippen LogP contribution is 2.36. The van der Waals surface area contributed by atoms with Gasteiger partial charge >= 0.3 is 0 Å². The van der Waals surface area contributed by atoms with Crippen LogP contribution in [0.15, 0.2) is 42.5 Å². The number of methoxy groups -OCH3 is 1. The highest BCUT2D eigenvalue weighted by molar-refractivity contribution is 5.44. The Morgan fingerprint density at radius 1 is 1.24 bits per heavy atom. The Labute approximate surface area is 124 Å². The van der Waals surface area contributed by atoms with Crippen molar-refractivity contribution in [3.8, 4) is 17.2 Å². The number of phenolic OH excluding ortho intramolecular Hbond substituents is 1. The molecule has 1 aliphatic rings. The van der Waals surface area contributed by atoms with Crippen LogP contribution in [-0.4, -0.2) is 18.8 Å². The summed E-state index contributed by atoms with van der Waals surface area (Å²) >= 11 is 0. The van der Waals surface area contributed by atoms with Crippen LogP contribution in [0.5, 0.6) is 17.2 Å². The molecule has 2 aromatic carbocycles. The molecule has 3 rings (SSSR count). The van der Waals surface area contributed by atoms with Crippen LogP contribution in [0, 0.1) is 0 Å². The summed E-state index contributed by atoms with van der Waals surface area (Å²) in [6.45, 7) is 2.71. The third-order valence-corrected chi connectivity index (χ3v) is 3.85. The van der Waals surface area contributed by atoms with Gasteiger partial charge in [-0.3, -0.25) is 0 Å². The number of ether oxygens (including phenoxy) is 2. The normalized spacial score (nSPS) is 17.9. The van der Waals surface area contributed by atoms with Crippen LogP contribution in [0.25, 0.3) is 0 Å². The molecule has 0 amide bonds. The van der Waals surface area contributed by atoms with Crippen LogP contribution in [-0.2, 0) is 0 Å². The molecule has 2 atom stereocenters. The summed E-state index contributed by atoms with van der Waals surface area (Å²) in [5.74, 6) is 1.85. The van der Waals surface area contributed by atoms with Crippen molar-refractivity contribution in [1.29, 1.82) is 0 Å². The van der Waals surface area contributed by atoms with Gasteiger partial charge in [0.25, 0.3) is 0 Å². The summed E-state index contributed by atoms with van der Waals surface area (Å²) in [5.41, 5.74) is 2.29. The predicted molar refractivity (Wildman–Crippen MR) is 80.9 cm³/mol. The van der Waals surface area contributed by atoms with E-state index >= 15 is 0 Å². The average molecular weight is 285 g/mol. The van der Waals surface area contributed by atoms with Crippen LogP contribution in [0.1, 0.15) is 30.1 Å². The summed E-state index contributed by atoms with van der Waals surface area (Å²) in [6, 6.07) is 13.6. The summed E-state index contributed by atoms with van der Waals surface area (Å²) in [6.07, 6.45) is 0. The van der Waals surface area contributed by atoms with Gasteiger partial charge in [-0.25, -0.2) is 0 Å². The van der Waals surface area contributed by atoms with E-state index in [2.05, 4.69) is 24.4 Å². The molecule has 0 radical (unpaired) electrons. The first-order valence-corrected chi connectivity index (χ1v) is 7.03. The number of benzene rings is 2. The van der Waals surface area contributed by atoms with Crippen molar-refractivity contribution in [3.05, 3.63) is 53.6 Å². The molecule has 21 heavy (non-hydrogen) atoms. The van der Waals surface area contributed by atoms with E-state index in [1.807, 2.05) is 18.2 Å². The maximum atomic E-state index is 9.48. The van der Waals surface area contributed by atoms with E-state index in [1.54, 1.807) is 19.2 Å². The number of hydrogen-bond acceptors (Lipinski definition) is 4. The molecule has 0 saturated carbocycles. The minimum atomic E-state index is 0.137. The molecule has 2 N–H and O–H groups in total. The van der Waals surface area contributed by atoms with Crippen LogP contribution in [0.2, 0.25) is 0 Å². The SMILES string of the molecule is COc1ccc(C(C)NC2COc3cc(O)ccc32)cc1. The van der Waals surface area contributed by atoms with E-state index in [1.165, 1.54) is 5.56 Å². The second-order valence-electron chi connectivity index (χ2n) is 5.25. The van der Waals surface area contributed by atoms with E-state index in [0.717, 1.165) is 17.1 Å². The fraction of sp³-hybridized carbons (Fsp3) is 0.294. The first-order valence-electron chi connectivity index (χ1n) is 7.03. The Morgan fingerprint density at radius 2 is 2.00 bits per heavy atom. The van der Waals surface area contributed by atoms with E-state index < -0.39 is 0 Å². The summed E-state index contributed by atoms with van der Waals surface area (Å²) < 4.78 is 10.8. The Morgan fingerprint density at radius 3 is 2.71 bits per heavy atom. The summed E-state index contributed by atoms with van der Waals surface area (Å²) in [5, 5.41) is 13.0. The van der Waals surface area contributed by atoms with Crippen molar-refractivity contribution in [3.63, 3.8) is 0 Å². The molecule has 0 aliphatic carbocycles. The van der Waals surface area contributed by atoms with Crippen molar-refractivity contribution in [1.82, 2.24) is 5.32 Å². The third kappa shape index (κ3) is 2.81. The molecule has 4 nitrogen and oxygen atoms in total. The average Bonchev–Trinajstić information content (AvgIpc) is 2.89. The van der Waals surface area contributed by atoms with Gasteiger partial charge in [-0.1, -0.05) is 12.1 Å². The van der Waals surface area contributed by atoms with Crippen molar-refractivity contribution in [2.24, 2.45) is 0 Å². The largest absolute Gasteiger partial charge is 0.508 e. The molecule has 1 heterocycles. The molecule has 0 saturated heterocycles. The van der Waals surface area contributed by atoms with Gasteiger partial charge in [0.1, 0.15) is 23.9 Å². The Balaban J connectivity index is 1.72. The van der Waals surface area contributed by atoms with E-state index in [9.17, 15) is 5.11 Å². The van der Waals surface area contributed by atoms with E-state index in [0.29, 0.717) is 6.61 Å². The number of fused-ring (bicyclic) bond motifs is 1. The second kappa shape index (κ2) is 5.66. The van der Waals surface area contributed by atoms with Gasteiger partial charge in [0.2, 0.25) is 0 Å². The van der Waals surface area contributed by atoms with Gasteiger partial charge in [0.05, 0.1) is 13.2 Å². The second-order valence-corrected chi connectivity index (χ2v) is 5.25. The van der Waals surface area contributed by atoms with Gasteiger partial charge < -0.3 is 19.9 Å². The lowest BCUT2D eigenvalue weighted by Gasteiger charge is -2.19. The lowest BCUT2D eigenvalue weighted by atomic mass is 10.0. The summed E-state index contributed by atoms with van der Waals surface area (Å²) in [7, 11) is 1.67. The van der Waals surface area contributed by atoms with Crippen molar-refractivity contribution < 1.29 is 14.6 Å². The molecule has 0 bridgehead atoms. The topological polar surface area (TPSA) is 50.7 Å². The van der Waals surface area contributed by atoms with Crippen LogP contribution >= 0.6 is 0 Å². The maximum Gasteiger partial charge on any atom is 0.127 e. The molecule has 2 unspecified atom stereocenters. The molecule has 2 aromatic rings. The molecule has 1 aliphatic heterocycles. The minimum Gasteiger partial charge on any atom is -0.508 e. The molecular weight excluding hydrogens is 266 g/mol. The Hall–Kier alpha value is -2.20. The number of aromatic hydroxyl groups is 1. The van der Waals surface area contributed by atoms with E-state index in [4.69, 9.17) is 9.47 Å². The van der Waals surface area contributed by atoms with Crippen LogP contribution in [0.3, 0.4) is 0 Å². The summed E-state index contributed by atoms with van der Waals surface area (Å²) in [4.78, 5) is 0. The highest BCUT2D eigenvalue weighted by atomic mass is 16.5. The van der Waals surface area contributed by atoms with Gasteiger partial charge in [-0.15, -0.1) is 0 Å². The number of nitrogens with one attached hydrogen (secondary N) is 1.